The summed E-state index contributed by atoms with van der Waals surface area (Å²) in [6, 6.07) is -0.511. The fourth-order valence-electron chi connectivity index (χ4n) is 0.978. The second-order valence-corrected chi connectivity index (χ2v) is 5.91. The molecule has 0 saturated heterocycles. The highest BCUT2D eigenvalue weighted by molar-refractivity contribution is 7.88. The van der Waals surface area contributed by atoms with Gasteiger partial charge in [-0.3, -0.25) is 4.79 Å². The van der Waals surface area contributed by atoms with Crippen LogP contribution in [0.4, 0.5) is 0 Å². The average molecular weight is 251 g/mol. The van der Waals surface area contributed by atoms with Gasteiger partial charge in [0.05, 0.1) is 12.3 Å². The van der Waals surface area contributed by atoms with Gasteiger partial charge in [-0.1, -0.05) is 13.8 Å². The molecule has 0 unspecified atom stereocenters. The zero-order valence-corrected chi connectivity index (χ0v) is 10.8. The van der Waals surface area contributed by atoms with E-state index in [4.69, 9.17) is 5.73 Å². The Balaban J connectivity index is 3.64. The molecule has 0 aliphatic rings. The fraction of sp³-hybridized carbons (Fsp3) is 0.889. The van der Waals surface area contributed by atoms with E-state index in [1.807, 2.05) is 13.8 Å². The first-order valence-corrected chi connectivity index (χ1v) is 7.11. The highest BCUT2D eigenvalue weighted by Crippen LogP contribution is 1.97. The second-order valence-electron chi connectivity index (χ2n) is 4.08. The zero-order chi connectivity index (χ0) is 12.8. The van der Waals surface area contributed by atoms with Crippen LogP contribution in [0.5, 0.6) is 0 Å². The normalized spacial score (nSPS) is 13.8. The summed E-state index contributed by atoms with van der Waals surface area (Å²) in [5, 5.41) is 2.65. The van der Waals surface area contributed by atoms with E-state index in [1.54, 1.807) is 0 Å². The van der Waals surface area contributed by atoms with Gasteiger partial charge in [-0.25, -0.2) is 13.1 Å². The van der Waals surface area contributed by atoms with Gasteiger partial charge in [0.25, 0.3) is 0 Å². The van der Waals surface area contributed by atoms with Crippen molar-refractivity contribution in [3.05, 3.63) is 0 Å². The maximum absolute atomic E-state index is 11.4. The third-order valence-electron chi connectivity index (χ3n) is 2.04. The molecule has 1 atom stereocenters. The summed E-state index contributed by atoms with van der Waals surface area (Å²) in [7, 11) is -3.14. The lowest BCUT2D eigenvalue weighted by Gasteiger charge is -2.15. The van der Waals surface area contributed by atoms with Crippen LogP contribution in [-0.2, 0) is 14.8 Å². The van der Waals surface area contributed by atoms with Gasteiger partial charge in [0, 0.05) is 13.1 Å². The van der Waals surface area contributed by atoms with Crippen molar-refractivity contribution >= 4 is 15.9 Å². The van der Waals surface area contributed by atoms with E-state index in [0.29, 0.717) is 19.5 Å². The molecule has 0 aliphatic carbocycles. The molecule has 0 fully saturated rings. The van der Waals surface area contributed by atoms with Crippen LogP contribution in [0.15, 0.2) is 0 Å². The number of hydrogen-bond donors (Lipinski definition) is 3. The number of rotatable bonds is 7. The van der Waals surface area contributed by atoms with Crippen molar-refractivity contribution in [1.82, 2.24) is 10.0 Å². The molecule has 1 amide bonds. The summed E-state index contributed by atoms with van der Waals surface area (Å²) in [6.07, 6.45) is 1.64. The number of nitrogens with one attached hydrogen (secondary N) is 2. The third kappa shape index (κ3) is 7.61. The first kappa shape index (κ1) is 15.3. The summed E-state index contributed by atoms with van der Waals surface area (Å²) in [6.45, 7) is 4.47. The highest BCUT2D eigenvalue weighted by atomic mass is 32.2. The first-order valence-electron chi connectivity index (χ1n) is 5.22. The molecule has 16 heavy (non-hydrogen) atoms. The molecule has 0 spiro atoms. The third-order valence-corrected chi connectivity index (χ3v) is 2.77. The quantitative estimate of drug-likeness (QED) is 0.506. The Morgan fingerprint density at radius 1 is 1.31 bits per heavy atom. The van der Waals surface area contributed by atoms with Crippen LogP contribution in [0.2, 0.25) is 0 Å². The van der Waals surface area contributed by atoms with Crippen molar-refractivity contribution in [1.29, 1.82) is 0 Å². The van der Waals surface area contributed by atoms with Gasteiger partial charge in [0.15, 0.2) is 0 Å². The van der Waals surface area contributed by atoms with Crippen molar-refractivity contribution in [2.24, 2.45) is 11.7 Å². The van der Waals surface area contributed by atoms with Crippen LogP contribution in [0, 0.1) is 5.92 Å². The van der Waals surface area contributed by atoms with Gasteiger partial charge in [-0.15, -0.1) is 0 Å². The molecule has 0 heterocycles. The van der Waals surface area contributed by atoms with Crippen molar-refractivity contribution < 1.29 is 13.2 Å². The van der Waals surface area contributed by atoms with Gasteiger partial charge in [0.1, 0.15) is 0 Å². The molecule has 4 N–H and O–H groups in total. The molecule has 0 aromatic carbocycles. The second kappa shape index (κ2) is 6.82. The number of carbonyl (C=O) groups excluding carboxylic acids is 1. The fourth-order valence-corrected chi connectivity index (χ4v) is 1.49. The van der Waals surface area contributed by atoms with Crippen molar-refractivity contribution in [3.63, 3.8) is 0 Å². The van der Waals surface area contributed by atoms with Crippen molar-refractivity contribution in [3.8, 4) is 0 Å². The minimum absolute atomic E-state index is 0.0918. The molecule has 6 nitrogen and oxygen atoms in total. The Morgan fingerprint density at radius 2 is 1.88 bits per heavy atom. The SMILES string of the molecule is CC(C)[C@@H](N)C(=O)NCCCNS(C)(=O)=O. The van der Waals surface area contributed by atoms with Crippen molar-refractivity contribution in [2.75, 3.05) is 19.3 Å². The molecule has 0 rings (SSSR count). The van der Waals surface area contributed by atoms with Crippen LogP contribution in [0.25, 0.3) is 0 Å². The standard InChI is InChI=1S/C9H21N3O3S/c1-7(2)8(10)9(13)11-5-4-6-12-16(3,14)15/h7-8,12H,4-6,10H2,1-3H3,(H,11,13)/t8-/m1/s1. The predicted octanol–water partition coefficient (Wildman–Crippen LogP) is -0.975. The molecular formula is C9H21N3O3S. The van der Waals surface area contributed by atoms with Crippen LogP contribution in [0.1, 0.15) is 20.3 Å². The van der Waals surface area contributed by atoms with Gasteiger partial charge in [0.2, 0.25) is 15.9 Å². The summed E-state index contributed by atoms with van der Waals surface area (Å²) >= 11 is 0. The molecule has 0 radical (unpaired) electrons. The van der Waals surface area contributed by atoms with E-state index in [2.05, 4.69) is 10.0 Å². The van der Waals surface area contributed by atoms with Gasteiger partial charge in [-0.2, -0.15) is 0 Å². The van der Waals surface area contributed by atoms with E-state index >= 15 is 0 Å². The molecule has 96 valence electrons. The van der Waals surface area contributed by atoms with E-state index in [1.165, 1.54) is 0 Å². The molecule has 0 aromatic heterocycles. The topological polar surface area (TPSA) is 101 Å². The average Bonchev–Trinajstić information content (AvgIpc) is 2.13. The maximum atomic E-state index is 11.4. The van der Waals surface area contributed by atoms with Crippen LogP contribution >= 0.6 is 0 Å². The highest BCUT2D eigenvalue weighted by Gasteiger charge is 2.15. The number of nitrogens with two attached hydrogens (primary N) is 1. The lowest BCUT2D eigenvalue weighted by molar-refractivity contribution is -0.123. The lowest BCUT2D eigenvalue weighted by Crippen LogP contribution is -2.44. The monoisotopic (exact) mass is 251 g/mol. The van der Waals surface area contributed by atoms with Gasteiger partial charge < -0.3 is 11.1 Å². The molecule has 0 aliphatic heterocycles. The number of sulfonamides is 1. The largest absolute Gasteiger partial charge is 0.355 e. The molecule has 0 saturated carbocycles. The van der Waals surface area contributed by atoms with E-state index in [0.717, 1.165) is 6.26 Å². The number of carbonyl (C=O) groups is 1. The molecule has 0 aromatic rings. The molecule has 7 heteroatoms. The molecule has 0 bridgehead atoms. The minimum Gasteiger partial charge on any atom is -0.355 e. The van der Waals surface area contributed by atoms with Gasteiger partial charge in [-0.05, 0) is 12.3 Å². The Kier molecular flexibility index (Phi) is 6.54. The lowest BCUT2D eigenvalue weighted by atomic mass is 10.1. The first-order chi connectivity index (χ1) is 7.24. The summed E-state index contributed by atoms with van der Waals surface area (Å²) in [5.41, 5.74) is 5.62. The number of amides is 1. The van der Waals surface area contributed by atoms with Gasteiger partial charge >= 0.3 is 0 Å². The Labute approximate surface area is 97.0 Å². The van der Waals surface area contributed by atoms with Crippen LogP contribution in [-0.4, -0.2) is 39.7 Å². The van der Waals surface area contributed by atoms with Crippen LogP contribution in [0.3, 0.4) is 0 Å². The Hall–Kier alpha value is -0.660. The summed E-state index contributed by atoms with van der Waals surface area (Å²) in [4.78, 5) is 11.4. The van der Waals surface area contributed by atoms with E-state index in [9.17, 15) is 13.2 Å². The Bertz CT molecular complexity index is 314. The molecular weight excluding hydrogens is 230 g/mol. The summed E-state index contributed by atoms with van der Waals surface area (Å²) in [5.74, 6) is -0.108. The minimum atomic E-state index is -3.14. The maximum Gasteiger partial charge on any atom is 0.237 e. The number of hydrogen-bond acceptors (Lipinski definition) is 4. The summed E-state index contributed by atoms with van der Waals surface area (Å²) < 4.78 is 23.8. The zero-order valence-electron chi connectivity index (χ0n) is 9.99. The van der Waals surface area contributed by atoms with E-state index < -0.39 is 16.1 Å². The van der Waals surface area contributed by atoms with Crippen molar-refractivity contribution in [2.45, 2.75) is 26.3 Å². The van der Waals surface area contributed by atoms with Crippen LogP contribution < -0.4 is 15.8 Å². The Morgan fingerprint density at radius 3 is 2.31 bits per heavy atom. The predicted molar refractivity (Wildman–Crippen MR) is 63.3 cm³/mol. The smallest absolute Gasteiger partial charge is 0.237 e. The van der Waals surface area contributed by atoms with E-state index in [-0.39, 0.29) is 11.8 Å².